The molecule has 8 heteroatoms. The van der Waals surface area contributed by atoms with Crippen molar-refractivity contribution in [1.82, 2.24) is 15.5 Å². The highest BCUT2D eigenvalue weighted by molar-refractivity contribution is 7.17. The molecule has 1 aliphatic rings. The molecule has 0 fully saturated rings. The molecule has 0 saturated carbocycles. The maximum absolute atomic E-state index is 12.4. The predicted molar refractivity (Wildman–Crippen MR) is 138 cm³/mol. The molecule has 2 aromatic carbocycles. The summed E-state index contributed by atoms with van der Waals surface area (Å²) in [4.78, 5) is 16.0. The molecule has 35 heavy (non-hydrogen) atoms. The number of amides is 1. The quantitative estimate of drug-likeness (QED) is 0.386. The van der Waals surface area contributed by atoms with Gasteiger partial charge < -0.3 is 14.8 Å². The summed E-state index contributed by atoms with van der Waals surface area (Å²) in [5.74, 6) is 0.573. The van der Waals surface area contributed by atoms with E-state index in [0.717, 1.165) is 46.0 Å². The number of aromatic nitrogens is 2. The van der Waals surface area contributed by atoms with Crippen LogP contribution in [-0.2, 0) is 11.2 Å². The van der Waals surface area contributed by atoms with Crippen LogP contribution in [0.4, 0.5) is 10.5 Å². The second-order valence-electron chi connectivity index (χ2n) is 9.84. The summed E-state index contributed by atoms with van der Waals surface area (Å²) in [6.07, 6.45) is 2.32. The lowest BCUT2D eigenvalue weighted by Gasteiger charge is -2.29. The van der Waals surface area contributed by atoms with Crippen LogP contribution in [0.5, 0.6) is 5.75 Å². The predicted octanol–water partition coefficient (Wildman–Crippen LogP) is 7.11. The summed E-state index contributed by atoms with van der Waals surface area (Å²) in [7, 11) is 0. The van der Waals surface area contributed by atoms with Crippen LogP contribution in [0.3, 0.4) is 0 Å². The van der Waals surface area contributed by atoms with E-state index < -0.39 is 11.7 Å². The number of carbonyl (C=O) groups excluding carboxylic acids is 1. The molecule has 7 nitrogen and oxygen atoms in total. The molecule has 1 aliphatic carbocycles. The average molecular weight is 491 g/mol. The molecule has 1 N–H and O–H groups in total. The standard InChI is InChI=1S/C27H30N4O3S/c1-16(2)33-23-14-13-17(15-22(23)28-6)24-30-31-25(35-24)20-11-7-10-19-18(20)9-8-12-21(19)29-26(32)34-27(3,4)5/h7,10-11,13-16,21H,8-9,12H2,1-5H3,(H,29,32)/t21-/m1/s1. The lowest BCUT2D eigenvalue weighted by Crippen LogP contribution is -2.36. The van der Waals surface area contributed by atoms with E-state index in [1.54, 1.807) is 6.07 Å². The van der Waals surface area contributed by atoms with Crippen LogP contribution in [0.2, 0.25) is 0 Å². The normalized spacial score (nSPS) is 15.3. The first kappa shape index (κ1) is 24.7. The van der Waals surface area contributed by atoms with Gasteiger partial charge in [-0.25, -0.2) is 9.64 Å². The Kier molecular flexibility index (Phi) is 7.08. The molecule has 0 spiro atoms. The van der Waals surface area contributed by atoms with Gasteiger partial charge in [0.1, 0.15) is 21.4 Å². The number of hydrogen-bond donors (Lipinski definition) is 1. The minimum Gasteiger partial charge on any atom is -0.502 e. The Hall–Kier alpha value is -3.44. The van der Waals surface area contributed by atoms with Crippen LogP contribution in [0.1, 0.15) is 64.6 Å². The summed E-state index contributed by atoms with van der Waals surface area (Å²) in [5.41, 5.74) is 4.07. The maximum Gasteiger partial charge on any atom is 0.408 e. The van der Waals surface area contributed by atoms with Crippen molar-refractivity contribution >= 4 is 23.1 Å². The number of rotatable bonds is 5. The molecule has 0 unspecified atom stereocenters. The van der Waals surface area contributed by atoms with E-state index in [-0.39, 0.29) is 12.1 Å². The molecule has 0 saturated heterocycles. The van der Waals surface area contributed by atoms with Crippen molar-refractivity contribution in [3.05, 3.63) is 58.9 Å². The topological polar surface area (TPSA) is 77.7 Å². The van der Waals surface area contributed by atoms with Gasteiger partial charge in [0, 0.05) is 11.1 Å². The minimum absolute atomic E-state index is 0.00706. The number of alkyl carbamates (subject to hydrolysis) is 1. The third-order valence-corrected chi connectivity index (χ3v) is 6.55. The van der Waals surface area contributed by atoms with Crippen LogP contribution in [-0.4, -0.2) is 28.0 Å². The van der Waals surface area contributed by atoms with E-state index in [1.165, 1.54) is 16.9 Å². The smallest absolute Gasteiger partial charge is 0.408 e. The van der Waals surface area contributed by atoms with E-state index in [0.29, 0.717) is 11.4 Å². The zero-order valence-corrected chi connectivity index (χ0v) is 21.5. The van der Waals surface area contributed by atoms with E-state index in [9.17, 15) is 4.79 Å². The van der Waals surface area contributed by atoms with Gasteiger partial charge in [-0.2, -0.15) is 0 Å². The fourth-order valence-corrected chi connectivity index (χ4v) is 5.08. The fourth-order valence-electron chi connectivity index (χ4n) is 4.19. The van der Waals surface area contributed by atoms with Gasteiger partial charge in [-0.05, 0) is 77.1 Å². The molecule has 0 radical (unpaired) electrons. The van der Waals surface area contributed by atoms with Crippen molar-refractivity contribution in [3.8, 4) is 26.9 Å². The molecule has 1 aromatic heterocycles. The van der Waals surface area contributed by atoms with Gasteiger partial charge in [0.05, 0.1) is 18.7 Å². The zero-order valence-electron chi connectivity index (χ0n) is 20.7. The summed E-state index contributed by atoms with van der Waals surface area (Å²) in [6.45, 7) is 17.0. The Balaban J connectivity index is 1.61. The molecular formula is C27H30N4O3S. The first-order chi connectivity index (χ1) is 16.6. The van der Waals surface area contributed by atoms with Crippen molar-refractivity contribution < 1.29 is 14.3 Å². The number of fused-ring (bicyclic) bond motifs is 1. The summed E-state index contributed by atoms with van der Waals surface area (Å²) in [6, 6.07) is 11.6. The van der Waals surface area contributed by atoms with Crippen molar-refractivity contribution in [3.63, 3.8) is 0 Å². The average Bonchev–Trinajstić information content (AvgIpc) is 3.27. The van der Waals surface area contributed by atoms with E-state index in [4.69, 9.17) is 16.0 Å². The number of nitrogens with one attached hydrogen (secondary N) is 1. The first-order valence-corrected chi connectivity index (χ1v) is 12.6. The lowest BCUT2D eigenvalue weighted by molar-refractivity contribution is 0.0498. The van der Waals surface area contributed by atoms with Gasteiger partial charge >= 0.3 is 6.09 Å². The van der Waals surface area contributed by atoms with Gasteiger partial charge in [-0.3, -0.25) is 0 Å². The second kappa shape index (κ2) is 10.0. The highest BCUT2D eigenvalue weighted by atomic mass is 32.1. The van der Waals surface area contributed by atoms with E-state index in [1.807, 2.05) is 52.8 Å². The van der Waals surface area contributed by atoms with Gasteiger partial charge in [-0.15, -0.1) is 10.2 Å². The summed E-state index contributed by atoms with van der Waals surface area (Å²) in [5, 5.41) is 13.5. The molecule has 4 rings (SSSR count). The van der Waals surface area contributed by atoms with Crippen LogP contribution in [0.25, 0.3) is 26.0 Å². The SMILES string of the molecule is [C-]#[N+]c1cc(-c2nnc(-c3cccc4c3CCC[C@H]4NC(=O)OC(C)(C)C)s2)ccc1OC(C)C. The minimum atomic E-state index is -0.543. The van der Waals surface area contributed by atoms with Gasteiger partial charge in [0.15, 0.2) is 0 Å². The third kappa shape index (κ3) is 5.80. The molecule has 1 atom stereocenters. The number of hydrogen-bond acceptors (Lipinski definition) is 6. The first-order valence-electron chi connectivity index (χ1n) is 11.8. The molecule has 182 valence electrons. The highest BCUT2D eigenvalue weighted by Crippen LogP contribution is 2.40. The van der Waals surface area contributed by atoms with Crippen molar-refractivity contribution in [2.45, 2.75) is 71.6 Å². The lowest BCUT2D eigenvalue weighted by atomic mass is 9.85. The maximum atomic E-state index is 12.4. The number of benzene rings is 2. The van der Waals surface area contributed by atoms with Crippen LogP contribution in [0, 0.1) is 6.57 Å². The highest BCUT2D eigenvalue weighted by Gasteiger charge is 2.27. The molecule has 3 aromatic rings. The Labute approximate surface area is 210 Å². The Morgan fingerprint density at radius 3 is 2.69 bits per heavy atom. The van der Waals surface area contributed by atoms with Crippen LogP contribution >= 0.6 is 11.3 Å². The summed E-state index contributed by atoms with van der Waals surface area (Å²) < 4.78 is 11.2. The Bertz CT molecular complexity index is 1270. The number of nitrogens with zero attached hydrogens (tertiary/aromatic N) is 3. The molecule has 0 bridgehead atoms. The third-order valence-electron chi connectivity index (χ3n) is 5.54. The fraction of sp³-hybridized carbons (Fsp3) is 0.407. The Morgan fingerprint density at radius 1 is 1.20 bits per heavy atom. The van der Waals surface area contributed by atoms with Gasteiger partial charge in [0.25, 0.3) is 0 Å². The molecular weight excluding hydrogens is 460 g/mol. The van der Waals surface area contributed by atoms with Crippen LogP contribution < -0.4 is 10.1 Å². The van der Waals surface area contributed by atoms with Crippen LogP contribution in [0.15, 0.2) is 36.4 Å². The molecule has 1 heterocycles. The van der Waals surface area contributed by atoms with E-state index in [2.05, 4.69) is 32.5 Å². The monoisotopic (exact) mass is 490 g/mol. The van der Waals surface area contributed by atoms with Crippen molar-refractivity contribution in [2.75, 3.05) is 0 Å². The summed E-state index contributed by atoms with van der Waals surface area (Å²) >= 11 is 1.50. The zero-order chi connectivity index (χ0) is 25.2. The van der Waals surface area contributed by atoms with Gasteiger partial charge in [-0.1, -0.05) is 35.6 Å². The largest absolute Gasteiger partial charge is 0.502 e. The number of ether oxygens (including phenoxy) is 2. The van der Waals surface area contributed by atoms with E-state index >= 15 is 0 Å². The number of carbonyl (C=O) groups is 1. The second-order valence-corrected chi connectivity index (χ2v) is 10.8. The Morgan fingerprint density at radius 2 is 1.97 bits per heavy atom. The van der Waals surface area contributed by atoms with Gasteiger partial charge in [0.2, 0.25) is 5.69 Å². The van der Waals surface area contributed by atoms with Crippen molar-refractivity contribution in [1.29, 1.82) is 0 Å². The molecule has 0 aliphatic heterocycles. The van der Waals surface area contributed by atoms with Crippen molar-refractivity contribution in [2.24, 2.45) is 0 Å². The molecule has 1 amide bonds.